The van der Waals surface area contributed by atoms with Crippen LogP contribution < -0.4 is 5.32 Å². The lowest BCUT2D eigenvalue weighted by Gasteiger charge is -2.36. The predicted molar refractivity (Wildman–Crippen MR) is 72.5 cm³/mol. The molecule has 1 aromatic heterocycles. The second kappa shape index (κ2) is 4.58. The van der Waals surface area contributed by atoms with Gasteiger partial charge in [0.15, 0.2) is 0 Å². The van der Waals surface area contributed by atoms with Crippen molar-refractivity contribution in [2.24, 2.45) is 7.05 Å². The van der Waals surface area contributed by atoms with Crippen LogP contribution in [0.2, 0.25) is 0 Å². The van der Waals surface area contributed by atoms with Crippen molar-refractivity contribution in [3.05, 3.63) is 53.3 Å². The van der Waals surface area contributed by atoms with E-state index in [2.05, 4.69) is 47.8 Å². The molecule has 0 radical (unpaired) electrons. The Kier molecular flexibility index (Phi) is 2.92. The fourth-order valence-corrected chi connectivity index (χ4v) is 2.91. The number of likely N-dealkylation sites (N-methyl/N-ethyl adjacent to an activating group) is 1. The Morgan fingerprint density at radius 3 is 2.94 bits per heavy atom. The van der Waals surface area contributed by atoms with E-state index in [0.717, 1.165) is 6.54 Å². The van der Waals surface area contributed by atoms with Gasteiger partial charge >= 0.3 is 0 Å². The molecular formula is C15H19N3. The van der Waals surface area contributed by atoms with E-state index in [1.165, 1.54) is 23.1 Å². The molecular weight excluding hydrogens is 222 g/mol. The standard InChI is InChI=1S/C15H19N3/c1-3-16-15(12-9-17-18(2)10-12)14-8-11-6-4-5-7-13(11)14/h4-7,9-10,14-16H,3,8H2,1-2H3. The van der Waals surface area contributed by atoms with E-state index < -0.39 is 0 Å². The minimum atomic E-state index is 0.388. The van der Waals surface area contributed by atoms with Crippen molar-refractivity contribution in [3.8, 4) is 0 Å². The molecule has 18 heavy (non-hydrogen) atoms. The molecule has 1 N–H and O–H groups in total. The SMILES string of the molecule is CCNC(c1cnn(C)c1)C1Cc2ccccc21. The van der Waals surface area contributed by atoms with Crippen LogP contribution in [0.25, 0.3) is 0 Å². The molecule has 0 saturated heterocycles. The molecule has 2 unspecified atom stereocenters. The summed E-state index contributed by atoms with van der Waals surface area (Å²) in [7, 11) is 1.97. The predicted octanol–water partition coefficient (Wildman–Crippen LogP) is 2.41. The number of aromatic nitrogens is 2. The second-order valence-corrected chi connectivity index (χ2v) is 4.99. The van der Waals surface area contributed by atoms with Crippen LogP contribution in [0.5, 0.6) is 0 Å². The summed E-state index contributed by atoms with van der Waals surface area (Å²) in [4.78, 5) is 0. The molecule has 1 aliphatic carbocycles. The lowest BCUT2D eigenvalue weighted by atomic mass is 9.72. The van der Waals surface area contributed by atoms with E-state index >= 15 is 0 Å². The van der Waals surface area contributed by atoms with Gasteiger partial charge in [0, 0.05) is 30.8 Å². The Balaban J connectivity index is 1.89. The van der Waals surface area contributed by atoms with Crippen molar-refractivity contribution < 1.29 is 0 Å². The molecule has 2 aromatic rings. The summed E-state index contributed by atoms with van der Waals surface area (Å²) in [6.45, 7) is 3.15. The van der Waals surface area contributed by atoms with E-state index in [-0.39, 0.29) is 0 Å². The summed E-state index contributed by atoms with van der Waals surface area (Å²) < 4.78 is 1.88. The summed E-state index contributed by atoms with van der Waals surface area (Å²) in [6, 6.07) is 9.14. The molecule has 3 rings (SSSR count). The van der Waals surface area contributed by atoms with Gasteiger partial charge in [-0.05, 0) is 24.1 Å². The molecule has 0 fully saturated rings. The molecule has 1 heterocycles. The third-order valence-electron chi connectivity index (χ3n) is 3.80. The van der Waals surface area contributed by atoms with Crippen LogP contribution in [0.4, 0.5) is 0 Å². The third kappa shape index (κ3) is 1.85. The van der Waals surface area contributed by atoms with Crippen LogP contribution >= 0.6 is 0 Å². The molecule has 94 valence electrons. The van der Waals surface area contributed by atoms with E-state index in [0.29, 0.717) is 12.0 Å². The van der Waals surface area contributed by atoms with Crippen LogP contribution in [0.15, 0.2) is 36.7 Å². The number of aryl methyl sites for hydroxylation is 1. The lowest BCUT2D eigenvalue weighted by Crippen LogP contribution is -2.33. The molecule has 0 aliphatic heterocycles. The average Bonchev–Trinajstić information content (AvgIpc) is 2.76. The van der Waals surface area contributed by atoms with Gasteiger partial charge in [-0.25, -0.2) is 0 Å². The highest BCUT2D eigenvalue weighted by atomic mass is 15.2. The van der Waals surface area contributed by atoms with Gasteiger partial charge < -0.3 is 5.32 Å². The van der Waals surface area contributed by atoms with Gasteiger partial charge in [0.1, 0.15) is 0 Å². The van der Waals surface area contributed by atoms with Crippen molar-refractivity contribution in [2.75, 3.05) is 6.54 Å². The van der Waals surface area contributed by atoms with Crippen molar-refractivity contribution >= 4 is 0 Å². The number of nitrogens with zero attached hydrogens (tertiary/aromatic N) is 2. The number of hydrogen-bond donors (Lipinski definition) is 1. The van der Waals surface area contributed by atoms with Crippen LogP contribution in [-0.2, 0) is 13.5 Å². The maximum Gasteiger partial charge on any atom is 0.0537 e. The maximum atomic E-state index is 4.29. The second-order valence-electron chi connectivity index (χ2n) is 4.99. The number of rotatable bonds is 4. The van der Waals surface area contributed by atoms with Crippen LogP contribution in [0.3, 0.4) is 0 Å². The quantitative estimate of drug-likeness (QED) is 0.891. The van der Waals surface area contributed by atoms with Crippen LogP contribution in [0, 0.1) is 0 Å². The Bertz CT molecular complexity index is 544. The Morgan fingerprint density at radius 2 is 2.28 bits per heavy atom. The summed E-state index contributed by atoms with van der Waals surface area (Å²) in [5.41, 5.74) is 4.28. The topological polar surface area (TPSA) is 29.9 Å². The van der Waals surface area contributed by atoms with Crippen LogP contribution in [-0.4, -0.2) is 16.3 Å². The number of nitrogens with one attached hydrogen (secondary N) is 1. The molecule has 2 atom stereocenters. The number of benzene rings is 1. The monoisotopic (exact) mass is 241 g/mol. The third-order valence-corrected chi connectivity index (χ3v) is 3.80. The van der Waals surface area contributed by atoms with E-state index in [1.807, 2.05) is 17.9 Å². The van der Waals surface area contributed by atoms with E-state index in [9.17, 15) is 0 Å². The van der Waals surface area contributed by atoms with Gasteiger partial charge in [-0.1, -0.05) is 31.2 Å². The Hall–Kier alpha value is -1.61. The highest BCUT2D eigenvalue weighted by molar-refractivity contribution is 5.42. The molecule has 0 saturated carbocycles. The van der Waals surface area contributed by atoms with Gasteiger partial charge in [-0.15, -0.1) is 0 Å². The van der Waals surface area contributed by atoms with E-state index in [1.54, 1.807) is 0 Å². The first-order valence-electron chi connectivity index (χ1n) is 6.59. The van der Waals surface area contributed by atoms with Gasteiger partial charge in [-0.2, -0.15) is 5.10 Å². The van der Waals surface area contributed by atoms with Crippen molar-refractivity contribution in [1.82, 2.24) is 15.1 Å². The first-order valence-corrected chi connectivity index (χ1v) is 6.59. The zero-order valence-corrected chi connectivity index (χ0v) is 10.9. The normalized spacial score (nSPS) is 19.1. The fourth-order valence-electron chi connectivity index (χ4n) is 2.91. The summed E-state index contributed by atoms with van der Waals surface area (Å²) in [6.07, 6.45) is 5.27. The molecule has 1 aliphatic rings. The number of fused-ring (bicyclic) bond motifs is 1. The maximum absolute atomic E-state index is 4.29. The highest BCUT2D eigenvalue weighted by Crippen LogP contribution is 2.43. The first-order chi connectivity index (χ1) is 8.79. The zero-order chi connectivity index (χ0) is 12.5. The molecule has 3 nitrogen and oxygen atoms in total. The zero-order valence-electron chi connectivity index (χ0n) is 10.9. The van der Waals surface area contributed by atoms with Gasteiger partial charge in [0.25, 0.3) is 0 Å². The van der Waals surface area contributed by atoms with Gasteiger partial charge in [0.05, 0.1) is 6.20 Å². The molecule has 1 aromatic carbocycles. The van der Waals surface area contributed by atoms with Crippen molar-refractivity contribution in [2.45, 2.75) is 25.3 Å². The first kappa shape index (κ1) is 11.5. The lowest BCUT2D eigenvalue weighted by molar-refractivity contribution is 0.419. The molecule has 0 spiro atoms. The number of hydrogen-bond acceptors (Lipinski definition) is 2. The highest BCUT2D eigenvalue weighted by Gasteiger charge is 2.33. The largest absolute Gasteiger partial charge is 0.310 e. The Labute approximate surface area is 108 Å². The smallest absolute Gasteiger partial charge is 0.0537 e. The summed E-state index contributed by atoms with van der Waals surface area (Å²) in [5, 5.41) is 7.89. The summed E-state index contributed by atoms with van der Waals surface area (Å²) >= 11 is 0. The van der Waals surface area contributed by atoms with Gasteiger partial charge in [-0.3, -0.25) is 4.68 Å². The van der Waals surface area contributed by atoms with Gasteiger partial charge in [0.2, 0.25) is 0 Å². The minimum absolute atomic E-state index is 0.388. The van der Waals surface area contributed by atoms with Crippen molar-refractivity contribution in [3.63, 3.8) is 0 Å². The molecule has 0 bridgehead atoms. The van der Waals surface area contributed by atoms with Crippen LogP contribution in [0.1, 0.15) is 35.6 Å². The Morgan fingerprint density at radius 1 is 1.44 bits per heavy atom. The van der Waals surface area contributed by atoms with Crippen molar-refractivity contribution in [1.29, 1.82) is 0 Å². The molecule has 0 amide bonds. The van der Waals surface area contributed by atoms with E-state index in [4.69, 9.17) is 0 Å². The summed E-state index contributed by atoms with van der Waals surface area (Å²) in [5.74, 6) is 0.588. The average molecular weight is 241 g/mol. The minimum Gasteiger partial charge on any atom is -0.310 e. The molecule has 3 heteroatoms. The fraction of sp³-hybridized carbons (Fsp3) is 0.400.